The number of benzene rings is 2. The van der Waals surface area contributed by atoms with Crippen LogP contribution in [-0.4, -0.2) is 29.3 Å². The molecule has 5 nitrogen and oxygen atoms in total. The van der Waals surface area contributed by atoms with Crippen molar-refractivity contribution in [1.82, 2.24) is 4.90 Å². The van der Waals surface area contributed by atoms with Crippen LogP contribution in [0.2, 0.25) is 0 Å². The highest BCUT2D eigenvalue weighted by Crippen LogP contribution is 2.25. The number of nitrogens with zero attached hydrogens (tertiary/aromatic N) is 1. The van der Waals surface area contributed by atoms with Crippen molar-refractivity contribution in [3.8, 4) is 0 Å². The number of carbonyl (C=O) groups is 2. The van der Waals surface area contributed by atoms with E-state index in [2.05, 4.69) is 55.3 Å². The Bertz CT molecular complexity index is 900. The summed E-state index contributed by atoms with van der Waals surface area (Å²) in [7, 11) is 0. The maximum Gasteiger partial charge on any atom is 0.234 e. The predicted molar refractivity (Wildman–Crippen MR) is 126 cm³/mol. The number of hydrogen-bond donors (Lipinski definition) is 2. The molecule has 0 bridgehead atoms. The fourth-order valence-corrected chi connectivity index (χ4v) is 4.17. The molecule has 0 saturated carbocycles. The molecule has 0 aliphatic carbocycles. The molecule has 0 aromatic heterocycles. The molecule has 2 amide bonds. The first-order valence-electron chi connectivity index (χ1n) is 11.2. The molecule has 1 aliphatic rings. The number of aryl methyl sites for hydroxylation is 1. The molecule has 1 unspecified atom stereocenters. The van der Waals surface area contributed by atoms with Crippen LogP contribution < -0.4 is 11.1 Å². The summed E-state index contributed by atoms with van der Waals surface area (Å²) in [5, 5.41) is 3.06. The summed E-state index contributed by atoms with van der Waals surface area (Å²) in [5.41, 5.74) is 10.1. The van der Waals surface area contributed by atoms with Gasteiger partial charge >= 0.3 is 0 Å². The van der Waals surface area contributed by atoms with Crippen molar-refractivity contribution in [3.63, 3.8) is 0 Å². The predicted octanol–water partition coefficient (Wildman–Crippen LogP) is 4.40. The summed E-state index contributed by atoms with van der Waals surface area (Å²) in [6.45, 7) is 8.10. The van der Waals surface area contributed by atoms with Crippen molar-refractivity contribution in [2.24, 2.45) is 5.73 Å². The molecular formula is C26H35N3O2. The molecule has 0 spiro atoms. The Labute approximate surface area is 186 Å². The maximum absolute atomic E-state index is 12.6. The van der Waals surface area contributed by atoms with Crippen molar-refractivity contribution in [2.45, 2.75) is 70.9 Å². The summed E-state index contributed by atoms with van der Waals surface area (Å²) in [5.74, 6) is -0.249. The van der Waals surface area contributed by atoms with Crippen molar-refractivity contribution in [3.05, 3.63) is 65.2 Å². The minimum absolute atomic E-state index is 0.0200. The van der Waals surface area contributed by atoms with Crippen LogP contribution in [0, 0.1) is 0 Å². The van der Waals surface area contributed by atoms with Crippen LogP contribution in [0.1, 0.15) is 63.1 Å². The number of anilines is 1. The number of likely N-dealkylation sites (tertiary alicyclic amines) is 1. The molecule has 1 saturated heterocycles. The second-order valence-electron chi connectivity index (χ2n) is 9.54. The van der Waals surface area contributed by atoms with Gasteiger partial charge in [0.2, 0.25) is 11.8 Å². The zero-order valence-corrected chi connectivity index (χ0v) is 19.0. The highest BCUT2D eigenvalue weighted by Gasteiger charge is 2.29. The summed E-state index contributed by atoms with van der Waals surface area (Å²) in [6.07, 6.45) is 3.94. The third kappa shape index (κ3) is 6.41. The van der Waals surface area contributed by atoms with Gasteiger partial charge in [0.15, 0.2) is 0 Å². The molecule has 0 radical (unpaired) electrons. The third-order valence-electron chi connectivity index (χ3n) is 6.05. The molecule has 3 rings (SSSR count). The molecule has 1 fully saturated rings. The summed E-state index contributed by atoms with van der Waals surface area (Å²) < 4.78 is 0. The molecule has 31 heavy (non-hydrogen) atoms. The van der Waals surface area contributed by atoms with Gasteiger partial charge in [-0.2, -0.15) is 0 Å². The Morgan fingerprint density at radius 2 is 1.81 bits per heavy atom. The van der Waals surface area contributed by atoms with Gasteiger partial charge < -0.3 is 11.1 Å². The lowest BCUT2D eigenvalue weighted by molar-refractivity contribution is -0.122. The zero-order chi connectivity index (χ0) is 22.4. The topological polar surface area (TPSA) is 75.4 Å². The first kappa shape index (κ1) is 23.0. The number of nitrogens with two attached hydrogens (primary N) is 1. The van der Waals surface area contributed by atoms with E-state index in [9.17, 15) is 9.59 Å². The van der Waals surface area contributed by atoms with Gasteiger partial charge in [-0.1, -0.05) is 63.2 Å². The number of amides is 2. The zero-order valence-electron chi connectivity index (χ0n) is 19.0. The standard InChI is InChI=1S/C26H35N3O2/c1-26(2,3)21-15-13-19(14-16-21)8-6-12-24(30)28-22-10-5-4-9-20(22)18-29-17-7-11-23(29)25(27)31/h4-5,9-10,13-16,23H,6-8,11-12,17-18H2,1-3H3,(H2,27,31)(H,28,30). The van der Waals surface area contributed by atoms with E-state index in [1.165, 1.54) is 11.1 Å². The SMILES string of the molecule is CC(C)(C)c1ccc(CCCC(=O)Nc2ccccc2CN2CCCC2C(N)=O)cc1. The van der Waals surface area contributed by atoms with Crippen LogP contribution in [0.15, 0.2) is 48.5 Å². The summed E-state index contributed by atoms with van der Waals surface area (Å²) in [4.78, 5) is 26.3. The third-order valence-corrected chi connectivity index (χ3v) is 6.05. The number of hydrogen-bond acceptors (Lipinski definition) is 3. The largest absolute Gasteiger partial charge is 0.368 e. The lowest BCUT2D eigenvalue weighted by Crippen LogP contribution is -2.39. The number of carbonyl (C=O) groups excluding carboxylic acids is 2. The van der Waals surface area contributed by atoms with Gasteiger partial charge in [0.05, 0.1) is 6.04 Å². The van der Waals surface area contributed by atoms with Gasteiger partial charge in [0, 0.05) is 18.7 Å². The van der Waals surface area contributed by atoms with E-state index in [0.29, 0.717) is 13.0 Å². The second-order valence-corrected chi connectivity index (χ2v) is 9.54. The van der Waals surface area contributed by atoms with Crippen molar-refractivity contribution in [1.29, 1.82) is 0 Å². The Balaban J connectivity index is 1.52. The molecule has 5 heteroatoms. The highest BCUT2D eigenvalue weighted by atomic mass is 16.2. The van der Waals surface area contributed by atoms with Crippen LogP contribution in [0.5, 0.6) is 0 Å². The van der Waals surface area contributed by atoms with Crippen molar-refractivity contribution < 1.29 is 9.59 Å². The second kappa shape index (κ2) is 10.1. The first-order chi connectivity index (χ1) is 14.7. The average molecular weight is 422 g/mol. The monoisotopic (exact) mass is 421 g/mol. The summed E-state index contributed by atoms with van der Waals surface area (Å²) >= 11 is 0. The minimum atomic E-state index is -0.269. The fraction of sp³-hybridized carbons (Fsp3) is 0.462. The highest BCUT2D eigenvalue weighted by molar-refractivity contribution is 5.91. The quantitative estimate of drug-likeness (QED) is 0.663. The smallest absolute Gasteiger partial charge is 0.234 e. The molecule has 2 aromatic rings. The molecule has 1 heterocycles. The van der Waals surface area contributed by atoms with E-state index < -0.39 is 0 Å². The van der Waals surface area contributed by atoms with Crippen molar-refractivity contribution in [2.75, 3.05) is 11.9 Å². The van der Waals surface area contributed by atoms with Crippen LogP contribution in [-0.2, 0) is 28.0 Å². The first-order valence-corrected chi connectivity index (χ1v) is 11.2. The van der Waals surface area contributed by atoms with Gasteiger partial charge in [-0.05, 0) is 60.4 Å². The Hall–Kier alpha value is -2.66. The number of rotatable bonds is 8. The van der Waals surface area contributed by atoms with E-state index in [4.69, 9.17) is 5.73 Å². The van der Waals surface area contributed by atoms with Gasteiger partial charge in [-0.3, -0.25) is 14.5 Å². The van der Waals surface area contributed by atoms with E-state index in [0.717, 1.165) is 43.5 Å². The van der Waals surface area contributed by atoms with Crippen LogP contribution in [0.25, 0.3) is 0 Å². The Morgan fingerprint density at radius 3 is 2.48 bits per heavy atom. The molecule has 1 aliphatic heterocycles. The lowest BCUT2D eigenvalue weighted by atomic mass is 9.86. The van der Waals surface area contributed by atoms with Gasteiger partial charge in [-0.25, -0.2) is 0 Å². The van der Waals surface area contributed by atoms with E-state index >= 15 is 0 Å². The van der Waals surface area contributed by atoms with Crippen LogP contribution in [0.3, 0.4) is 0 Å². The molecule has 2 aromatic carbocycles. The van der Waals surface area contributed by atoms with E-state index in [1.54, 1.807) is 0 Å². The Morgan fingerprint density at radius 1 is 1.10 bits per heavy atom. The van der Waals surface area contributed by atoms with E-state index in [-0.39, 0.29) is 23.3 Å². The van der Waals surface area contributed by atoms with Gasteiger partial charge in [0.25, 0.3) is 0 Å². The van der Waals surface area contributed by atoms with E-state index in [1.807, 2.05) is 24.3 Å². The number of para-hydroxylation sites is 1. The maximum atomic E-state index is 12.6. The average Bonchev–Trinajstić information content (AvgIpc) is 3.18. The van der Waals surface area contributed by atoms with Gasteiger partial charge in [0.1, 0.15) is 0 Å². The number of nitrogens with one attached hydrogen (secondary N) is 1. The number of primary amides is 1. The molecule has 3 N–H and O–H groups in total. The lowest BCUT2D eigenvalue weighted by Gasteiger charge is -2.23. The minimum Gasteiger partial charge on any atom is -0.368 e. The summed E-state index contributed by atoms with van der Waals surface area (Å²) in [6, 6.07) is 16.3. The molecule has 166 valence electrons. The van der Waals surface area contributed by atoms with Crippen molar-refractivity contribution >= 4 is 17.5 Å². The van der Waals surface area contributed by atoms with Crippen LogP contribution in [0.4, 0.5) is 5.69 Å². The Kier molecular flexibility index (Phi) is 7.50. The fourth-order valence-electron chi connectivity index (χ4n) is 4.17. The normalized spacial score (nSPS) is 16.9. The van der Waals surface area contributed by atoms with Crippen LogP contribution >= 0.6 is 0 Å². The molecular weight excluding hydrogens is 386 g/mol. The molecule has 1 atom stereocenters. The van der Waals surface area contributed by atoms with Gasteiger partial charge in [-0.15, -0.1) is 0 Å².